The standard InChI is InChI=1S/C17H27FN4O/c1-3-22-10-4-5-14(22)12-21-17(19)20-9-8-13-6-7-15(18)16(11-13)23-2/h6-7,11,14H,3-5,8-10,12H2,1-2H3,(H3,19,20,21). The van der Waals surface area contributed by atoms with E-state index in [2.05, 4.69) is 22.1 Å². The van der Waals surface area contributed by atoms with Crippen molar-refractivity contribution in [1.29, 1.82) is 0 Å². The van der Waals surface area contributed by atoms with Crippen LogP contribution in [0, 0.1) is 5.82 Å². The third-order valence-electron chi connectivity index (χ3n) is 4.31. The van der Waals surface area contributed by atoms with E-state index in [1.807, 2.05) is 0 Å². The van der Waals surface area contributed by atoms with Crippen LogP contribution in [0.1, 0.15) is 25.3 Å². The quantitative estimate of drug-likeness (QED) is 0.593. The molecule has 0 spiro atoms. The van der Waals surface area contributed by atoms with Crippen LogP contribution >= 0.6 is 0 Å². The van der Waals surface area contributed by atoms with Crippen LogP contribution in [-0.4, -0.2) is 50.2 Å². The highest BCUT2D eigenvalue weighted by atomic mass is 19.1. The van der Waals surface area contributed by atoms with E-state index in [1.165, 1.54) is 26.0 Å². The normalized spacial score (nSPS) is 19.1. The van der Waals surface area contributed by atoms with Crippen LogP contribution in [0.25, 0.3) is 0 Å². The van der Waals surface area contributed by atoms with Gasteiger partial charge in [-0.2, -0.15) is 0 Å². The lowest BCUT2D eigenvalue weighted by molar-refractivity contribution is 0.273. The Bertz CT molecular complexity index is 535. The fourth-order valence-corrected chi connectivity index (χ4v) is 2.97. The summed E-state index contributed by atoms with van der Waals surface area (Å²) in [6.45, 7) is 5.82. The summed E-state index contributed by atoms with van der Waals surface area (Å²) in [6.07, 6.45) is 3.17. The Morgan fingerprint density at radius 3 is 3.09 bits per heavy atom. The summed E-state index contributed by atoms with van der Waals surface area (Å²) in [5, 5.41) is 3.11. The van der Waals surface area contributed by atoms with Gasteiger partial charge in [-0.1, -0.05) is 13.0 Å². The zero-order valence-electron chi connectivity index (χ0n) is 14.0. The van der Waals surface area contributed by atoms with Crippen molar-refractivity contribution in [1.82, 2.24) is 10.2 Å². The molecule has 1 saturated heterocycles. The molecule has 0 bridgehead atoms. The van der Waals surface area contributed by atoms with Crippen molar-refractivity contribution in [2.45, 2.75) is 32.2 Å². The van der Waals surface area contributed by atoms with Crippen LogP contribution in [-0.2, 0) is 6.42 Å². The molecular formula is C17H27FN4O. The summed E-state index contributed by atoms with van der Waals surface area (Å²) >= 11 is 0. The minimum absolute atomic E-state index is 0.269. The average Bonchev–Trinajstić information content (AvgIpc) is 3.02. The van der Waals surface area contributed by atoms with Gasteiger partial charge in [-0.15, -0.1) is 0 Å². The van der Waals surface area contributed by atoms with E-state index in [1.54, 1.807) is 12.1 Å². The van der Waals surface area contributed by atoms with Gasteiger partial charge >= 0.3 is 0 Å². The maximum Gasteiger partial charge on any atom is 0.188 e. The van der Waals surface area contributed by atoms with Gasteiger partial charge in [0.1, 0.15) is 0 Å². The van der Waals surface area contributed by atoms with Crippen molar-refractivity contribution < 1.29 is 9.13 Å². The molecule has 1 aliphatic rings. The van der Waals surface area contributed by atoms with E-state index in [0.29, 0.717) is 18.5 Å². The van der Waals surface area contributed by atoms with Gasteiger partial charge in [-0.25, -0.2) is 4.39 Å². The van der Waals surface area contributed by atoms with Crippen molar-refractivity contribution in [3.8, 4) is 5.75 Å². The van der Waals surface area contributed by atoms with Crippen LogP contribution in [0.5, 0.6) is 5.75 Å². The number of ether oxygens (including phenoxy) is 1. The van der Waals surface area contributed by atoms with Crippen LogP contribution in [0.15, 0.2) is 23.2 Å². The number of aliphatic imine (C=N–C) groups is 1. The van der Waals surface area contributed by atoms with Gasteiger partial charge in [-0.3, -0.25) is 9.89 Å². The Morgan fingerprint density at radius 2 is 2.35 bits per heavy atom. The van der Waals surface area contributed by atoms with Crippen LogP contribution < -0.4 is 15.8 Å². The van der Waals surface area contributed by atoms with Crippen molar-refractivity contribution in [3.05, 3.63) is 29.6 Å². The number of nitrogens with zero attached hydrogens (tertiary/aromatic N) is 2. The lowest BCUT2D eigenvalue weighted by Gasteiger charge is -2.20. The lowest BCUT2D eigenvalue weighted by Crippen LogP contribution is -2.36. The first kappa shape index (κ1) is 17.5. The number of nitrogens with one attached hydrogen (secondary N) is 1. The molecule has 2 rings (SSSR count). The average molecular weight is 322 g/mol. The monoisotopic (exact) mass is 322 g/mol. The molecule has 128 valence electrons. The highest BCUT2D eigenvalue weighted by molar-refractivity contribution is 5.77. The molecule has 1 fully saturated rings. The number of likely N-dealkylation sites (tertiary alicyclic amines) is 1. The van der Waals surface area contributed by atoms with Gasteiger partial charge < -0.3 is 15.8 Å². The topological polar surface area (TPSA) is 62.9 Å². The number of methoxy groups -OCH3 is 1. The van der Waals surface area contributed by atoms with E-state index in [4.69, 9.17) is 10.5 Å². The van der Waals surface area contributed by atoms with Gasteiger partial charge in [0.25, 0.3) is 0 Å². The molecule has 1 unspecified atom stereocenters. The molecule has 3 N–H and O–H groups in total. The highest BCUT2D eigenvalue weighted by Gasteiger charge is 2.22. The predicted octanol–water partition coefficient (Wildman–Crippen LogP) is 1.77. The molecule has 1 heterocycles. The first-order chi connectivity index (χ1) is 11.1. The fraction of sp³-hybridized carbons (Fsp3) is 0.588. The van der Waals surface area contributed by atoms with E-state index in [9.17, 15) is 4.39 Å². The maximum atomic E-state index is 13.3. The Balaban J connectivity index is 1.76. The molecule has 0 saturated carbocycles. The van der Waals surface area contributed by atoms with Gasteiger partial charge in [0, 0.05) is 12.6 Å². The highest BCUT2D eigenvalue weighted by Crippen LogP contribution is 2.18. The number of benzene rings is 1. The summed E-state index contributed by atoms with van der Waals surface area (Å²) in [6, 6.07) is 5.40. The van der Waals surface area contributed by atoms with Crippen molar-refractivity contribution in [2.75, 3.05) is 33.3 Å². The third-order valence-corrected chi connectivity index (χ3v) is 4.31. The fourth-order valence-electron chi connectivity index (χ4n) is 2.97. The lowest BCUT2D eigenvalue weighted by atomic mass is 10.1. The molecule has 0 radical (unpaired) electrons. The van der Waals surface area contributed by atoms with Gasteiger partial charge in [-0.05, 0) is 50.0 Å². The van der Waals surface area contributed by atoms with Gasteiger partial charge in [0.15, 0.2) is 17.5 Å². The number of rotatable bonds is 7. The smallest absolute Gasteiger partial charge is 0.188 e. The Kier molecular flexibility index (Phi) is 6.65. The molecule has 23 heavy (non-hydrogen) atoms. The zero-order chi connectivity index (χ0) is 16.7. The Labute approximate surface area is 137 Å². The molecule has 6 heteroatoms. The summed E-state index contributed by atoms with van der Waals surface area (Å²) in [4.78, 5) is 6.89. The summed E-state index contributed by atoms with van der Waals surface area (Å²) in [5.74, 6) is 0.398. The summed E-state index contributed by atoms with van der Waals surface area (Å²) in [7, 11) is 1.47. The second-order valence-electron chi connectivity index (χ2n) is 5.80. The second-order valence-corrected chi connectivity index (χ2v) is 5.80. The number of halogens is 1. The van der Waals surface area contributed by atoms with Crippen molar-refractivity contribution >= 4 is 5.96 Å². The molecule has 0 aliphatic carbocycles. The minimum Gasteiger partial charge on any atom is -0.494 e. The van der Waals surface area contributed by atoms with Crippen LogP contribution in [0.3, 0.4) is 0 Å². The second kappa shape index (κ2) is 8.72. The predicted molar refractivity (Wildman–Crippen MR) is 91.4 cm³/mol. The third kappa shape index (κ3) is 5.10. The molecule has 1 aromatic rings. The maximum absolute atomic E-state index is 13.3. The number of hydrogen-bond acceptors (Lipinski definition) is 3. The largest absolute Gasteiger partial charge is 0.494 e. The number of likely N-dealkylation sites (N-methyl/N-ethyl adjacent to an activating group) is 1. The van der Waals surface area contributed by atoms with Crippen molar-refractivity contribution in [2.24, 2.45) is 10.7 Å². The molecule has 1 aliphatic heterocycles. The Hall–Kier alpha value is -1.82. The van der Waals surface area contributed by atoms with E-state index < -0.39 is 0 Å². The minimum atomic E-state index is -0.345. The number of hydrogen-bond donors (Lipinski definition) is 2. The summed E-state index contributed by atoms with van der Waals surface area (Å²) < 4.78 is 18.3. The molecule has 1 atom stereocenters. The zero-order valence-corrected chi connectivity index (χ0v) is 14.0. The first-order valence-electron chi connectivity index (χ1n) is 8.24. The molecule has 0 aromatic heterocycles. The number of guanidine groups is 1. The van der Waals surface area contributed by atoms with E-state index >= 15 is 0 Å². The SMILES string of the molecule is CCN1CCCC1CN=C(N)NCCc1ccc(F)c(OC)c1. The molecular weight excluding hydrogens is 295 g/mol. The molecule has 1 aromatic carbocycles. The summed E-state index contributed by atoms with van der Waals surface area (Å²) in [5.41, 5.74) is 6.92. The van der Waals surface area contributed by atoms with E-state index in [0.717, 1.165) is 31.6 Å². The molecule has 5 nitrogen and oxygen atoms in total. The van der Waals surface area contributed by atoms with Gasteiger partial charge in [0.2, 0.25) is 0 Å². The van der Waals surface area contributed by atoms with Gasteiger partial charge in [0.05, 0.1) is 13.7 Å². The number of nitrogens with two attached hydrogens (primary N) is 1. The van der Waals surface area contributed by atoms with Crippen LogP contribution in [0.2, 0.25) is 0 Å². The first-order valence-corrected chi connectivity index (χ1v) is 8.24. The van der Waals surface area contributed by atoms with Crippen molar-refractivity contribution in [3.63, 3.8) is 0 Å². The van der Waals surface area contributed by atoms with E-state index in [-0.39, 0.29) is 11.6 Å². The van der Waals surface area contributed by atoms with Crippen LogP contribution in [0.4, 0.5) is 4.39 Å². The Morgan fingerprint density at radius 1 is 1.52 bits per heavy atom. The molecule has 0 amide bonds.